The third-order valence-corrected chi connectivity index (χ3v) is 4.70. The molecule has 1 aromatic carbocycles. The fourth-order valence-electron chi connectivity index (χ4n) is 3.14. The van der Waals surface area contributed by atoms with E-state index in [-0.39, 0.29) is 19.6 Å². The van der Waals surface area contributed by atoms with Crippen LogP contribution in [0, 0.1) is 6.92 Å². The fourth-order valence-corrected chi connectivity index (χ4v) is 3.14. The summed E-state index contributed by atoms with van der Waals surface area (Å²) in [6.07, 6.45) is -1.44. The Morgan fingerprint density at radius 2 is 1.69 bits per heavy atom. The summed E-state index contributed by atoms with van der Waals surface area (Å²) in [7, 11) is 1.38. The molecule has 2 unspecified atom stereocenters. The number of esters is 1. The number of carbonyl (C=O) groups excluding carboxylic acids is 5. The van der Waals surface area contributed by atoms with Gasteiger partial charge in [0.2, 0.25) is 17.7 Å². The fraction of sp³-hybridized carbons (Fsp3) is 0.542. The Morgan fingerprint density at radius 1 is 1.09 bits per heavy atom. The maximum absolute atomic E-state index is 13.3. The largest absolute Gasteiger partial charge is 0.466 e. The predicted molar refractivity (Wildman–Crippen MR) is 128 cm³/mol. The summed E-state index contributed by atoms with van der Waals surface area (Å²) in [6.45, 7) is 8.73. The SMILES string of the molecule is CCOC(=O)CCNC(=O)C(c1ccc(C)cc1)N(C)C(=O)C(CC(N)=O)NC(=O)OC(C)(C)C. The molecular formula is C24H36N4O7. The molecule has 4 N–H and O–H groups in total. The van der Waals surface area contributed by atoms with Gasteiger partial charge in [0, 0.05) is 13.6 Å². The van der Waals surface area contributed by atoms with Gasteiger partial charge in [-0.2, -0.15) is 0 Å². The molecule has 194 valence electrons. The number of hydrogen-bond acceptors (Lipinski definition) is 7. The van der Waals surface area contributed by atoms with Crippen LogP contribution in [0.4, 0.5) is 4.79 Å². The Labute approximate surface area is 205 Å². The van der Waals surface area contributed by atoms with E-state index in [1.807, 2.05) is 6.92 Å². The molecule has 0 saturated heterocycles. The lowest BCUT2D eigenvalue weighted by Gasteiger charge is -2.31. The molecule has 2 atom stereocenters. The zero-order valence-electron chi connectivity index (χ0n) is 21.2. The van der Waals surface area contributed by atoms with E-state index in [2.05, 4.69) is 10.6 Å². The molecule has 4 amide bonds. The number of nitrogens with two attached hydrogens (primary N) is 1. The molecule has 0 aliphatic rings. The van der Waals surface area contributed by atoms with Gasteiger partial charge >= 0.3 is 12.1 Å². The molecule has 1 aromatic rings. The number of amides is 4. The molecule has 11 heteroatoms. The van der Waals surface area contributed by atoms with E-state index in [1.54, 1.807) is 52.0 Å². The molecule has 0 radical (unpaired) electrons. The summed E-state index contributed by atoms with van der Waals surface area (Å²) in [5.74, 6) is -2.56. The second-order valence-electron chi connectivity index (χ2n) is 8.98. The van der Waals surface area contributed by atoms with Crippen LogP contribution in [0.3, 0.4) is 0 Å². The van der Waals surface area contributed by atoms with E-state index < -0.39 is 53.9 Å². The highest BCUT2D eigenvalue weighted by atomic mass is 16.6. The third-order valence-electron chi connectivity index (χ3n) is 4.70. The number of rotatable bonds is 11. The number of benzene rings is 1. The number of hydrogen-bond donors (Lipinski definition) is 3. The van der Waals surface area contributed by atoms with Gasteiger partial charge in [0.25, 0.3) is 0 Å². The number of primary amides is 1. The van der Waals surface area contributed by atoms with Crippen LogP contribution >= 0.6 is 0 Å². The van der Waals surface area contributed by atoms with E-state index >= 15 is 0 Å². The van der Waals surface area contributed by atoms with Crippen molar-refractivity contribution in [1.82, 2.24) is 15.5 Å². The van der Waals surface area contributed by atoms with Crippen molar-refractivity contribution >= 4 is 29.8 Å². The Balaban J connectivity index is 3.16. The molecule has 0 fully saturated rings. The summed E-state index contributed by atoms with van der Waals surface area (Å²) in [5, 5.41) is 5.00. The van der Waals surface area contributed by atoms with Gasteiger partial charge in [0.1, 0.15) is 17.7 Å². The first-order valence-corrected chi connectivity index (χ1v) is 11.3. The summed E-state index contributed by atoms with van der Waals surface area (Å²) in [4.78, 5) is 63.0. The van der Waals surface area contributed by atoms with Gasteiger partial charge in [-0.25, -0.2) is 4.79 Å². The molecule has 0 aliphatic carbocycles. The van der Waals surface area contributed by atoms with Crippen LogP contribution in [0.5, 0.6) is 0 Å². The number of alkyl carbamates (subject to hydrolysis) is 1. The van der Waals surface area contributed by atoms with Gasteiger partial charge in [-0.1, -0.05) is 29.8 Å². The molecule has 0 aromatic heterocycles. The summed E-state index contributed by atoms with van der Waals surface area (Å²) in [5.41, 5.74) is 5.90. The van der Waals surface area contributed by atoms with Gasteiger partial charge in [0.15, 0.2) is 0 Å². The standard InChI is InChI=1S/C24H36N4O7/c1-7-34-19(30)12-13-26-21(31)20(16-10-8-15(2)9-11-16)28(6)22(32)17(14-18(25)29)27-23(33)35-24(3,4)5/h8-11,17,20H,7,12-14H2,1-6H3,(H2,25,29)(H,26,31)(H,27,33). The van der Waals surface area contributed by atoms with Gasteiger partial charge in [0.05, 0.1) is 19.4 Å². The Bertz CT molecular complexity index is 909. The number of likely N-dealkylation sites (N-methyl/N-ethyl adjacent to an activating group) is 1. The Morgan fingerprint density at radius 3 is 2.20 bits per heavy atom. The average molecular weight is 493 g/mol. The van der Waals surface area contributed by atoms with E-state index in [1.165, 1.54) is 7.05 Å². The maximum Gasteiger partial charge on any atom is 0.408 e. The average Bonchev–Trinajstić information content (AvgIpc) is 2.72. The van der Waals surface area contributed by atoms with Crippen molar-refractivity contribution in [2.24, 2.45) is 5.73 Å². The van der Waals surface area contributed by atoms with Gasteiger partial charge in [-0.05, 0) is 40.2 Å². The van der Waals surface area contributed by atoms with E-state index in [9.17, 15) is 24.0 Å². The molecule has 0 bridgehead atoms. The van der Waals surface area contributed by atoms with Crippen LogP contribution < -0.4 is 16.4 Å². The molecule has 0 spiro atoms. The maximum atomic E-state index is 13.3. The highest BCUT2D eigenvalue weighted by molar-refractivity contribution is 5.94. The van der Waals surface area contributed by atoms with Gasteiger partial charge < -0.3 is 30.7 Å². The van der Waals surface area contributed by atoms with Crippen molar-refractivity contribution in [3.05, 3.63) is 35.4 Å². The zero-order chi connectivity index (χ0) is 26.8. The minimum absolute atomic E-state index is 0.00291. The molecule has 11 nitrogen and oxygen atoms in total. The van der Waals surface area contributed by atoms with Crippen molar-refractivity contribution in [1.29, 1.82) is 0 Å². The smallest absolute Gasteiger partial charge is 0.408 e. The quantitative estimate of drug-likeness (QED) is 0.393. The van der Waals surface area contributed by atoms with E-state index in [4.69, 9.17) is 15.2 Å². The lowest BCUT2D eigenvalue weighted by molar-refractivity contribution is -0.143. The molecule has 0 aliphatic heterocycles. The van der Waals surface area contributed by atoms with Crippen LogP contribution in [-0.4, -0.2) is 66.5 Å². The monoisotopic (exact) mass is 492 g/mol. The molecule has 35 heavy (non-hydrogen) atoms. The number of aryl methyl sites for hydroxylation is 1. The topological polar surface area (TPSA) is 157 Å². The van der Waals surface area contributed by atoms with E-state index in [0.717, 1.165) is 10.5 Å². The second-order valence-corrected chi connectivity index (χ2v) is 8.98. The molecule has 1 rings (SSSR count). The summed E-state index contributed by atoms with van der Waals surface area (Å²) < 4.78 is 10.0. The highest BCUT2D eigenvalue weighted by Gasteiger charge is 2.34. The predicted octanol–water partition coefficient (Wildman–Crippen LogP) is 1.33. The van der Waals surface area contributed by atoms with Gasteiger partial charge in [-0.15, -0.1) is 0 Å². The summed E-state index contributed by atoms with van der Waals surface area (Å²) >= 11 is 0. The van der Waals surface area contributed by atoms with Crippen LogP contribution in [0.2, 0.25) is 0 Å². The van der Waals surface area contributed by atoms with Crippen LogP contribution in [0.25, 0.3) is 0 Å². The Hall–Kier alpha value is -3.63. The first-order valence-electron chi connectivity index (χ1n) is 11.3. The molecular weight excluding hydrogens is 456 g/mol. The lowest BCUT2D eigenvalue weighted by Crippen LogP contribution is -2.52. The molecule has 0 heterocycles. The van der Waals surface area contributed by atoms with Crippen molar-refractivity contribution in [2.45, 2.75) is 65.1 Å². The van der Waals surface area contributed by atoms with Crippen LogP contribution in [0.15, 0.2) is 24.3 Å². The second kappa shape index (κ2) is 13.3. The minimum atomic E-state index is -1.35. The number of nitrogens with one attached hydrogen (secondary N) is 2. The normalized spacial score (nSPS) is 12.6. The first kappa shape index (κ1) is 29.4. The van der Waals surface area contributed by atoms with Crippen molar-refractivity contribution in [3.63, 3.8) is 0 Å². The van der Waals surface area contributed by atoms with Crippen molar-refractivity contribution < 1.29 is 33.4 Å². The summed E-state index contributed by atoms with van der Waals surface area (Å²) in [6, 6.07) is 4.49. The minimum Gasteiger partial charge on any atom is -0.466 e. The lowest BCUT2D eigenvalue weighted by atomic mass is 10.0. The number of ether oxygens (including phenoxy) is 2. The highest BCUT2D eigenvalue weighted by Crippen LogP contribution is 2.22. The van der Waals surface area contributed by atoms with Crippen molar-refractivity contribution in [2.75, 3.05) is 20.2 Å². The van der Waals surface area contributed by atoms with E-state index in [0.29, 0.717) is 5.56 Å². The van der Waals surface area contributed by atoms with Crippen LogP contribution in [0.1, 0.15) is 57.7 Å². The van der Waals surface area contributed by atoms with Crippen molar-refractivity contribution in [3.8, 4) is 0 Å². The third kappa shape index (κ3) is 10.4. The van der Waals surface area contributed by atoms with Crippen LogP contribution in [-0.2, 0) is 28.7 Å². The zero-order valence-corrected chi connectivity index (χ0v) is 21.2. The Kier molecular flexibility index (Phi) is 11.2. The first-order chi connectivity index (χ1) is 16.2. The van der Waals surface area contributed by atoms with Gasteiger partial charge in [-0.3, -0.25) is 19.2 Å². The molecule has 0 saturated carbocycles. The number of carbonyl (C=O) groups is 5. The number of nitrogens with zero attached hydrogens (tertiary/aromatic N) is 1.